The lowest BCUT2D eigenvalue weighted by Crippen LogP contribution is -2.24. The highest BCUT2D eigenvalue weighted by Gasteiger charge is 2.05. The van der Waals surface area contributed by atoms with Crippen LogP contribution in [0.5, 0.6) is 0 Å². The minimum atomic E-state index is 0.0234. The van der Waals surface area contributed by atoms with Crippen LogP contribution in [0.15, 0.2) is 18.2 Å². The Morgan fingerprint density at radius 3 is 2.65 bits per heavy atom. The molecule has 0 radical (unpaired) electrons. The van der Waals surface area contributed by atoms with Crippen molar-refractivity contribution in [2.75, 3.05) is 6.54 Å². The van der Waals surface area contributed by atoms with Crippen molar-refractivity contribution in [3.05, 3.63) is 34.9 Å². The fourth-order valence-electron chi connectivity index (χ4n) is 1.57. The molecule has 94 valence electrons. The molecule has 2 nitrogen and oxygen atoms in total. The van der Waals surface area contributed by atoms with Gasteiger partial charge in [-0.05, 0) is 49.9 Å². The summed E-state index contributed by atoms with van der Waals surface area (Å²) in [4.78, 5) is 12.3. The summed E-state index contributed by atoms with van der Waals surface area (Å²) in [5.41, 5.74) is 3.13. The summed E-state index contributed by atoms with van der Waals surface area (Å²) < 4.78 is 0. The SMILES string of the molecule is Cc1ccc(C(=O)NCCCC(C)Br)cc1C. The van der Waals surface area contributed by atoms with Gasteiger partial charge < -0.3 is 5.32 Å². The van der Waals surface area contributed by atoms with Crippen molar-refractivity contribution >= 4 is 21.8 Å². The number of carbonyl (C=O) groups is 1. The Balaban J connectivity index is 2.44. The molecule has 17 heavy (non-hydrogen) atoms. The summed E-state index contributed by atoms with van der Waals surface area (Å²) >= 11 is 3.49. The van der Waals surface area contributed by atoms with Gasteiger partial charge in [-0.3, -0.25) is 4.79 Å². The number of hydrogen-bond donors (Lipinski definition) is 1. The molecule has 0 fully saturated rings. The van der Waals surface area contributed by atoms with E-state index < -0.39 is 0 Å². The van der Waals surface area contributed by atoms with E-state index in [4.69, 9.17) is 0 Å². The molecule has 0 aromatic heterocycles. The first-order valence-corrected chi connectivity index (χ1v) is 6.92. The second-order valence-corrected chi connectivity index (χ2v) is 6.04. The minimum absolute atomic E-state index is 0.0234. The van der Waals surface area contributed by atoms with Crippen LogP contribution in [0.2, 0.25) is 0 Å². The van der Waals surface area contributed by atoms with Gasteiger partial charge in [-0.25, -0.2) is 0 Å². The number of halogens is 1. The van der Waals surface area contributed by atoms with Crippen molar-refractivity contribution in [1.29, 1.82) is 0 Å². The molecule has 1 rings (SSSR count). The molecule has 0 bridgehead atoms. The summed E-state index contributed by atoms with van der Waals surface area (Å²) in [5.74, 6) is 0.0234. The number of benzene rings is 1. The fraction of sp³-hybridized carbons (Fsp3) is 0.500. The molecule has 0 aliphatic heterocycles. The van der Waals surface area contributed by atoms with Gasteiger partial charge in [0.1, 0.15) is 0 Å². The van der Waals surface area contributed by atoms with Crippen molar-refractivity contribution in [3.8, 4) is 0 Å². The third kappa shape index (κ3) is 4.90. The van der Waals surface area contributed by atoms with Crippen molar-refractivity contribution < 1.29 is 4.79 Å². The number of carbonyl (C=O) groups excluding carboxylic acids is 1. The first-order valence-electron chi connectivity index (χ1n) is 6.00. The van der Waals surface area contributed by atoms with Crippen molar-refractivity contribution in [2.24, 2.45) is 0 Å². The Hall–Kier alpha value is -0.830. The van der Waals surface area contributed by atoms with E-state index in [0.29, 0.717) is 4.83 Å². The largest absolute Gasteiger partial charge is 0.352 e. The van der Waals surface area contributed by atoms with Crippen LogP contribution in [-0.4, -0.2) is 17.3 Å². The number of alkyl halides is 1. The molecule has 0 spiro atoms. The highest BCUT2D eigenvalue weighted by atomic mass is 79.9. The van der Waals surface area contributed by atoms with E-state index in [1.807, 2.05) is 25.1 Å². The van der Waals surface area contributed by atoms with E-state index in [1.165, 1.54) is 5.56 Å². The lowest BCUT2D eigenvalue weighted by Gasteiger charge is -2.07. The first-order chi connectivity index (χ1) is 8.00. The number of rotatable bonds is 5. The van der Waals surface area contributed by atoms with Gasteiger partial charge in [0.15, 0.2) is 0 Å². The molecule has 0 heterocycles. The van der Waals surface area contributed by atoms with Crippen LogP contribution in [0.1, 0.15) is 41.3 Å². The summed E-state index contributed by atoms with van der Waals surface area (Å²) in [6.07, 6.45) is 2.08. The zero-order valence-corrected chi connectivity index (χ0v) is 12.3. The highest BCUT2D eigenvalue weighted by Crippen LogP contribution is 2.10. The van der Waals surface area contributed by atoms with Gasteiger partial charge in [0.05, 0.1) is 0 Å². The van der Waals surface area contributed by atoms with Gasteiger partial charge in [-0.1, -0.05) is 28.9 Å². The van der Waals surface area contributed by atoms with E-state index in [-0.39, 0.29) is 5.91 Å². The van der Waals surface area contributed by atoms with E-state index in [2.05, 4.69) is 35.1 Å². The van der Waals surface area contributed by atoms with E-state index >= 15 is 0 Å². The minimum Gasteiger partial charge on any atom is -0.352 e. The smallest absolute Gasteiger partial charge is 0.251 e. The zero-order chi connectivity index (χ0) is 12.8. The quantitative estimate of drug-likeness (QED) is 0.653. The van der Waals surface area contributed by atoms with Crippen LogP contribution in [0.25, 0.3) is 0 Å². The number of hydrogen-bond acceptors (Lipinski definition) is 1. The lowest BCUT2D eigenvalue weighted by molar-refractivity contribution is 0.0953. The van der Waals surface area contributed by atoms with Gasteiger partial charge in [0.2, 0.25) is 0 Å². The van der Waals surface area contributed by atoms with E-state index in [1.54, 1.807) is 0 Å². The molecule has 1 aromatic rings. The van der Waals surface area contributed by atoms with Crippen LogP contribution in [0.4, 0.5) is 0 Å². The van der Waals surface area contributed by atoms with Gasteiger partial charge in [0.25, 0.3) is 5.91 Å². The zero-order valence-electron chi connectivity index (χ0n) is 10.7. The Labute approximate surface area is 112 Å². The summed E-state index contributed by atoms with van der Waals surface area (Å²) in [7, 11) is 0. The van der Waals surface area contributed by atoms with Crippen LogP contribution >= 0.6 is 15.9 Å². The molecule has 1 N–H and O–H groups in total. The Morgan fingerprint density at radius 2 is 2.06 bits per heavy atom. The monoisotopic (exact) mass is 297 g/mol. The topological polar surface area (TPSA) is 29.1 Å². The fourth-order valence-corrected chi connectivity index (χ4v) is 1.89. The molecule has 3 heteroatoms. The summed E-state index contributed by atoms with van der Waals surface area (Å²) in [6, 6.07) is 5.81. The number of aryl methyl sites for hydroxylation is 2. The van der Waals surface area contributed by atoms with Crippen LogP contribution < -0.4 is 5.32 Å². The standard InChI is InChI=1S/C14H20BrNO/c1-10-6-7-13(9-11(10)2)14(17)16-8-4-5-12(3)15/h6-7,9,12H,4-5,8H2,1-3H3,(H,16,17). The second-order valence-electron chi connectivity index (χ2n) is 4.48. The van der Waals surface area contributed by atoms with Crippen LogP contribution in [0.3, 0.4) is 0 Å². The summed E-state index contributed by atoms with van der Waals surface area (Å²) in [5, 5.41) is 2.94. The van der Waals surface area contributed by atoms with E-state index in [9.17, 15) is 4.79 Å². The van der Waals surface area contributed by atoms with Crippen LogP contribution in [0, 0.1) is 13.8 Å². The maximum absolute atomic E-state index is 11.8. The number of amides is 1. The molecule has 0 aliphatic rings. The van der Waals surface area contributed by atoms with Gasteiger partial charge in [-0.2, -0.15) is 0 Å². The average molecular weight is 298 g/mol. The molecule has 1 atom stereocenters. The molecule has 0 saturated carbocycles. The van der Waals surface area contributed by atoms with Crippen molar-refractivity contribution in [3.63, 3.8) is 0 Å². The Morgan fingerprint density at radius 1 is 1.35 bits per heavy atom. The second kappa shape index (κ2) is 6.80. The molecule has 1 aromatic carbocycles. The highest BCUT2D eigenvalue weighted by molar-refractivity contribution is 9.09. The number of nitrogens with one attached hydrogen (secondary N) is 1. The molecular weight excluding hydrogens is 278 g/mol. The maximum atomic E-state index is 11.8. The molecule has 1 amide bonds. The first kappa shape index (κ1) is 14.2. The predicted molar refractivity (Wildman–Crippen MR) is 75.9 cm³/mol. The van der Waals surface area contributed by atoms with Gasteiger partial charge in [0, 0.05) is 16.9 Å². The normalized spacial score (nSPS) is 12.2. The van der Waals surface area contributed by atoms with E-state index in [0.717, 1.165) is 30.5 Å². The van der Waals surface area contributed by atoms with Crippen LogP contribution in [-0.2, 0) is 0 Å². The third-order valence-corrected chi connectivity index (χ3v) is 3.29. The Bertz CT molecular complexity index is 388. The van der Waals surface area contributed by atoms with Gasteiger partial charge in [-0.15, -0.1) is 0 Å². The average Bonchev–Trinajstić information content (AvgIpc) is 2.27. The molecule has 0 aliphatic carbocycles. The van der Waals surface area contributed by atoms with Gasteiger partial charge >= 0.3 is 0 Å². The molecule has 1 unspecified atom stereocenters. The van der Waals surface area contributed by atoms with Crippen molar-refractivity contribution in [2.45, 2.75) is 38.4 Å². The Kier molecular flexibility index (Phi) is 5.69. The summed E-state index contributed by atoms with van der Waals surface area (Å²) in [6.45, 7) is 6.93. The molecular formula is C14H20BrNO. The lowest BCUT2D eigenvalue weighted by atomic mass is 10.1. The van der Waals surface area contributed by atoms with Crippen molar-refractivity contribution in [1.82, 2.24) is 5.32 Å². The third-order valence-electron chi connectivity index (χ3n) is 2.83. The maximum Gasteiger partial charge on any atom is 0.251 e. The predicted octanol–water partition coefficient (Wildman–Crippen LogP) is 3.60. The molecule has 0 saturated heterocycles.